The van der Waals surface area contributed by atoms with E-state index in [2.05, 4.69) is 20.9 Å². The summed E-state index contributed by atoms with van der Waals surface area (Å²) in [5.41, 5.74) is 2.74. The molecule has 0 saturated carbocycles. The van der Waals surface area contributed by atoms with Crippen LogP contribution < -0.4 is 16.0 Å². The van der Waals surface area contributed by atoms with Gasteiger partial charge < -0.3 is 30.7 Å². The van der Waals surface area contributed by atoms with Crippen molar-refractivity contribution in [2.75, 3.05) is 25.0 Å². The lowest BCUT2D eigenvalue weighted by molar-refractivity contribution is -0.139. The molecule has 3 aromatic rings. The Bertz CT molecular complexity index is 1320. The van der Waals surface area contributed by atoms with Gasteiger partial charge in [0.15, 0.2) is 0 Å². The van der Waals surface area contributed by atoms with Crippen LogP contribution in [0.5, 0.6) is 0 Å². The molecule has 0 radical (unpaired) electrons. The zero-order chi connectivity index (χ0) is 27.6. The van der Waals surface area contributed by atoms with Crippen LogP contribution in [0.3, 0.4) is 0 Å². The number of carboxylic acid groups (broad SMARTS) is 1. The van der Waals surface area contributed by atoms with Crippen LogP contribution in [0.2, 0.25) is 0 Å². The Kier molecular flexibility index (Phi) is 9.07. The molecule has 3 amide bonds. The number of aliphatic carboxylic acids is 1. The predicted molar refractivity (Wildman–Crippen MR) is 142 cm³/mol. The number of nitrogens with one attached hydrogen (secondary N) is 3. The van der Waals surface area contributed by atoms with Gasteiger partial charge in [0.25, 0.3) is 5.91 Å². The summed E-state index contributed by atoms with van der Waals surface area (Å²) in [6.07, 6.45) is 0.942. The second-order valence-electron chi connectivity index (χ2n) is 8.92. The van der Waals surface area contributed by atoms with Gasteiger partial charge in [-0.3, -0.25) is 9.59 Å². The average molecular weight is 532 g/mol. The van der Waals surface area contributed by atoms with E-state index in [-0.39, 0.29) is 25.5 Å². The van der Waals surface area contributed by atoms with Gasteiger partial charge in [0.1, 0.15) is 18.5 Å². The van der Waals surface area contributed by atoms with Crippen molar-refractivity contribution < 1.29 is 29.0 Å². The number of pyridine rings is 1. The molecule has 1 aliphatic rings. The van der Waals surface area contributed by atoms with Crippen molar-refractivity contribution in [2.45, 2.75) is 25.6 Å². The van der Waals surface area contributed by atoms with Gasteiger partial charge in [-0.2, -0.15) is 0 Å². The monoisotopic (exact) mass is 531 g/mol. The summed E-state index contributed by atoms with van der Waals surface area (Å²) >= 11 is 0. The van der Waals surface area contributed by atoms with Crippen molar-refractivity contribution in [1.29, 1.82) is 0 Å². The van der Waals surface area contributed by atoms with E-state index in [0.717, 1.165) is 22.5 Å². The number of benzene rings is 2. The molecule has 4 N–H and O–H groups in total. The van der Waals surface area contributed by atoms with Gasteiger partial charge in [-0.05, 0) is 41.0 Å². The number of amides is 3. The highest BCUT2D eigenvalue weighted by Gasteiger charge is 2.25. The largest absolute Gasteiger partial charge is 0.480 e. The van der Waals surface area contributed by atoms with Gasteiger partial charge in [0, 0.05) is 37.9 Å². The molecule has 202 valence electrons. The Morgan fingerprint density at radius 2 is 1.82 bits per heavy atom. The molecule has 0 unspecified atom stereocenters. The Morgan fingerprint density at radius 3 is 2.56 bits per heavy atom. The van der Waals surface area contributed by atoms with Crippen LogP contribution >= 0.6 is 0 Å². The van der Waals surface area contributed by atoms with Crippen LogP contribution in [-0.2, 0) is 33.9 Å². The second-order valence-corrected chi connectivity index (χ2v) is 8.92. The highest BCUT2D eigenvalue weighted by atomic mass is 16.5. The van der Waals surface area contributed by atoms with E-state index in [4.69, 9.17) is 4.74 Å². The molecule has 4 rings (SSSR count). The van der Waals surface area contributed by atoms with Crippen LogP contribution in [0, 0.1) is 0 Å². The number of hydrogen-bond acceptors (Lipinski definition) is 7. The summed E-state index contributed by atoms with van der Waals surface area (Å²) in [4.78, 5) is 55.0. The number of aromatic nitrogens is 1. The number of fused-ring (bicyclic) bond motifs is 1. The molecule has 0 spiro atoms. The van der Waals surface area contributed by atoms with E-state index in [9.17, 15) is 24.3 Å². The molecule has 2 aromatic carbocycles. The van der Waals surface area contributed by atoms with Gasteiger partial charge in [-0.25, -0.2) is 14.6 Å². The van der Waals surface area contributed by atoms with E-state index >= 15 is 0 Å². The molecule has 1 aromatic heterocycles. The lowest BCUT2D eigenvalue weighted by atomic mass is 9.96. The Morgan fingerprint density at radius 1 is 1.03 bits per heavy atom. The maximum absolute atomic E-state index is 12.7. The average Bonchev–Trinajstić information content (AvgIpc) is 2.95. The summed E-state index contributed by atoms with van der Waals surface area (Å²) in [5.74, 6) is -1.15. The number of carboxylic acids is 1. The Balaban J connectivity index is 1.27. The first kappa shape index (κ1) is 27.1. The standard InChI is InChI=1S/C28H29N5O6/c34-25-15-22-14-20(9-10-21(22)17-33(25)13-12-30-24-8-4-5-11-29-24)26(35)31-16-23(27(36)37)32-28(38)39-18-19-6-2-1-3-7-19/h1-11,14,23H,12-13,15-18H2,(H,29,30)(H,31,35)(H,32,38)(H,36,37)/t23-/m0/s1. The number of hydrogen-bond donors (Lipinski definition) is 4. The summed E-state index contributed by atoms with van der Waals surface area (Å²) in [7, 11) is 0. The molecule has 39 heavy (non-hydrogen) atoms. The van der Waals surface area contributed by atoms with Crippen LogP contribution in [0.4, 0.5) is 10.6 Å². The minimum absolute atomic E-state index is 0.0165. The first-order valence-electron chi connectivity index (χ1n) is 12.4. The Labute approximate surface area is 225 Å². The van der Waals surface area contributed by atoms with Crippen molar-refractivity contribution in [3.05, 3.63) is 95.2 Å². The van der Waals surface area contributed by atoms with Gasteiger partial charge in [-0.15, -0.1) is 0 Å². The normalized spacial score (nSPS) is 13.1. The molecule has 0 fully saturated rings. The predicted octanol–water partition coefficient (Wildman–Crippen LogP) is 2.19. The highest BCUT2D eigenvalue weighted by Crippen LogP contribution is 2.21. The third-order valence-electron chi connectivity index (χ3n) is 6.15. The second kappa shape index (κ2) is 13.0. The summed E-state index contributed by atoms with van der Waals surface area (Å²) in [6.45, 7) is 1.13. The van der Waals surface area contributed by atoms with Crippen LogP contribution in [0.15, 0.2) is 72.9 Å². The molecule has 1 atom stereocenters. The zero-order valence-electron chi connectivity index (χ0n) is 21.1. The van der Waals surface area contributed by atoms with Crippen molar-refractivity contribution in [3.8, 4) is 0 Å². The lowest BCUT2D eigenvalue weighted by Crippen LogP contribution is -2.48. The van der Waals surface area contributed by atoms with Crippen LogP contribution in [0.1, 0.15) is 27.0 Å². The molecular weight excluding hydrogens is 502 g/mol. The molecule has 11 nitrogen and oxygen atoms in total. The number of carbonyl (C=O) groups excluding carboxylic acids is 3. The third-order valence-corrected chi connectivity index (χ3v) is 6.15. The van der Waals surface area contributed by atoms with Crippen molar-refractivity contribution in [3.63, 3.8) is 0 Å². The number of nitrogens with zero attached hydrogens (tertiary/aromatic N) is 2. The maximum Gasteiger partial charge on any atom is 0.408 e. The first-order valence-corrected chi connectivity index (χ1v) is 12.4. The van der Waals surface area contributed by atoms with Crippen LogP contribution in [0.25, 0.3) is 0 Å². The molecule has 0 bridgehead atoms. The highest BCUT2D eigenvalue weighted by molar-refractivity contribution is 5.95. The number of ether oxygens (including phenoxy) is 1. The fourth-order valence-electron chi connectivity index (χ4n) is 4.05. The fourth-order valence-corrected chi connectivity index (χ4v) is 4.05. The number of anilines is 1. The van der Waals surface area contributed by atoms with Crippen molar-refractivity contribution in [1.82, 2.24) is 20.5 Å². The van der Waals surface area contributed by atoms with Gasteiger partial charge >= 0.3 is 12.1 Å². The molecule has 11 heteroatoms. The maximum atomic E-state index is 12.7. The quantitative estimate of drug-likeness (QED) is 0.294. The number of rotatable bonds is 11. The van der Waals surface area contributed by atoms with E-state index in [1.54, 1.807) is 53.6 Å². The molecule has 0 saturated heterocycles. The first-order chi connectivity index (χ1) is 18.9. The van der Waals surface area contributed by atoms with Crippen molar-refractivity contribution >= 4 is 29.7 Å². The smallest absolute Gasteiger partial charge is 0.408 e. The molecule has 1 aliphatic heterocycles. The fraction of sp³-hybridized carbons (Fsp3) is 0.250. The van der Waals surface area contributed by atoms with Gasteiger partial charge in [0.2, 0.25) is 5.91 Å². The summed E-state index contributed by atoms with van der Waals surface area (Å²) < 4.78 is 5.06. The molecular formula is C28H29N5O6. The van der Waals surface area contributed by atoms with Crippen molar-refractivity contribution in [2.24, 2.45) is 0 Å². The number of carbonyl (C=O) groups is 4. The third kappa shape index (κ3) is 7.78. The lowest BCUT2D eigenvalue weighted by Gasteiger charge is -2.29. The molecule has 2 heterocycles. The zero-order valence-corrected chi connectivity index (χ0v) is 21.1. The minimum Gasteiger partial charge on any atom is -0.480 e. The summed E-state index contributed by atoms with van der Waals surface area (Å²) in [6, 6.07) is 18.2. The number of alkyl carbamates (subject to hydrolysis) is 1. The Hall–Kier alpha value is -4.93. The van der Waals surface area contributed by atoms with E-state index in [1.165, 1.54) is 0 Å². The topological polar surface area (TPSA) is 150 Å². The van der Waals surface area contributed by atoms with E-state index in [1.807, 2.05) is 24.3 Å². The minimum atomic E-state index is -1.38. The SMILES string of the molecule is O=C(N[C@@H](CNC(=O)c1ccc2c(c1)CC(=O)N(CCNc1ccccn1)C2)C(=O)O)OCc1ccccc1. The molecule has 0 aliphatic carbocycles. The van der Waals surface area contributed by atoms with Gasteiger partial charge in [-0.1, -0.05) is 42.5 Å². The van der Waals surface area contributed by atoms with Gasteiger partial charge in [0.05, 0.1) is 6.42 Å². The van der Waals surface area contributed by atoms with Crippen LogP contribution in [-0.4, -0.2) is 64.5 Å². The summed E-state index contributed by atoms with van der Waals surface area (Å²) in [5, 5.41) is 17.4. The van der Waals surface area contributed by atoms with E-state index < -0.39 is 24.0 Å². The van der Waals surface area contributed by atoms with E-state index in [0.29, 0.717) is 25.2 Å².